The second-order valence-corrected chi connectivity index (χ2v) is 11.9. The molecule has 6 heteroatoms. The Morgan fingerprint density at radius 2 is 2.03 bits per heavy atom. The molecule has 2 heterocycles. The van der Waals surface area contributed by atoms with Gasteiger partial charge in [-0.05, 0) is 84.0 Å². The monoisotopic (exact) mass is 492 g/mol. The quantitative estimate of drug-likeness (QED) is 0.192. The van der Waals surface area contributed by atoms with Crippen molar-refractivity contribution in [3.8, 4) is 16.5 Å². The predicted molar refractivity (Wildman–Crippen MR) is 138 cm³/mol. The molecule has 0 amide bonds. The summed E-state index contributed by atoms with van der Waals surface area (Å²) in [6.45, 7) is 6.89. The number of thiophene rings is 1. The third-order valence-electron chi connectivity index (χ3n) is 6.59. The number of hydrogen-bond acceptors (Lipinski definition) is 5. The highest BCUT2D eigenvalue weighted by molar-refractivity contribution is 7.99. The Morgan fingerprint density at radius 1 is 1.26 bits per heavy atom. The van der Waals surface area contributed by atoms with Gasteiger partial charge in [-0.25, -0.2) is 9.37 Å². The second kappa shape index (κ2) is 10.4. The highest BCUT2D eigenvalue weighted by Gasteiger charge is 2.33. The van der Waals surface area contributed by atoms with Gasteiger partial charge in [0, 0.05) is 28.1 Å². The lowest BCUT2D eigenvalue weighted by Crippen LogP contribution is -2.28. The van der Waals surface area contributed by atoms with Crippen molar-refractivity contribution in [1.82, 2.24) is 4.98 Å². The molecular weight excluding hydrogens is 463 g/mol. The van der Waals surface area contributed by atoms with E-state index in [9.17, 15) is 14.4 Å². The predicted octanol–water partition coefficient (Wildman–Crippen LogP) is 7.73. The van der Waals surface area contributed by atoms with Crippen molar-refractivity contribution in [2.24, 2.45) is 11.3 Å². The van der Waals surface area contributed by atoms with Gasteiger partial charge in [-0.2, -0.15) is 5.26 Å². The summed E-state index contributed by atoms with van der Waals surface area (Å²) in [5.74, 6) is 0.919. The first-order valence-electron chi connectivity index (χ1n) is 11.7. The maximum atomic E-state index is 13.1. The van der Waals surface area contributed by atoms with E-state index in [0.717, 1.165) is 40.4 Å². The Bertz CT molecular complexity index is 1210. The molecule has 3 nitrogen and oxygen atoms in total. The summed E-state index contributed by atoms with van der Waals surface area (Å²) in [7, 11) is 0. The van der Waals surface area contributed by atoms with E-state index in [1.54, 1.807) is 23.1 Å². The van der Waals surface area contributed by atoms with Gasteiger partial charge in [-0.15, -0.1) is 23.1 Å². The lowest BCUT2D eigenvalue weighted by atomic mass is 9.70. The molecule has 0 aliphatic heterocycles. The molecule has 2 aromatic heterocycles. The van der Waals surface area contributed by atoms with E-state index in [1.165, 1.54) is 29.8 Å². The number of hydrogen-bond donors (Lipinski definition) is 0. The zero-order valence-corrected chi connectivity index (χ0v) is 21.5. The second-order valence-electron chi connectivity index (χ2n) is 9.87. The molecule has 4 rings (SSSR count). The molecule has 1 aliphatic rings. The number of rotatable bonds is 7. The number of aryl methyl sites for hydroxylation is 1. The molecular formula is C28H29FN2OS2. The number of halogens is 1. The van der Waals surface area contributed by atoms with Crippen LogP contribution in [0.2, 0.25) is 0 Å². The fourth-order valence-electron chi connectivity index (χ4n) is 4.56. The van der Waals surface area contributed by atoms with Gasteiger partial charge in [0.25, 0.3) is 0 Å². The summed E-state index contributed by atoms with van der Waals surface area (Å²) in [6.07, 6.45) is 4.04. The molecule has 3 aromatic rings. The van der Waals surface area contributed by atoms with Gasteiger partial charge in [0.1, 0.15) is 16.9 Å². The number of Topliss-reactive ketones (excluding diaryl/α,β-unsaturated/α-hetero) is 1. The number of thioether (sulfide) groups is 1. The lowest BCUT2D eigenvalue weighted by molar-refractivity contribution is 0.0982. The summed E-state index contributed by atoms with van der Waals surface area (Å²) in [6, 6.07) is 12.3. The van der Waals surface area contributed by atoms with E-state index < -0.39 is 0 Å². The van der Waals surface area contributed by atoms with Crippen LogP contribution in [0, 0.1) is 28.5 Å². The first-order chi connectivity index (χ1) is 16.3. The number of nitrogens with zero attached hydrogens (tertiary/aromatic N) is 2. The Balaban J connectivity index is 1.55. The van der Waals surface area contributed by atoms with E-state index in [2.05, 4.69) is 38.3 Å². The van der Waals surface area contributed by atoms with Crippen LogP contribution in [-0.4, -0.2) is 16.5 Å². The van der Waals surface area contributed by atoms with E-state index in [-0.39, 0.29) is 17.0 Å². The summed E-state index contributed by atoms with van der Waals surface area (Å²) in [4.78, 5) is 18.5. The summed E-state index contributed by atoms with van der Waals surface area (Å²) in [5, 5.41) is 13.0. The average molecular weight is 493 g/mol. The molecule has 1 atom stereocenters. The summed E-state index contributed by atoms with van der Waals surface area (Å²) in [5.41, 5.74) is 4.81. The molecule has 0 saturated carbocycles. The topological polar surface area (TPSA) is 53.8 Å². The van der Waals surface area contributed by atoms with Crippen LogP contribution < -0.4 is 0 Å². The van der Waals surface area contributed by atoms with E-state index in [4.69, 9.17) is 4.98 Å². The third-order valence-corrected chi connectivity index (χ3v) is 8.54. The Morgan fingerprint density at radius 3 is 2.68 bits per heavy atom. The van der Waals surface area contributed by atoms with E-state index >= 15 is 0 Å². The molecule has 176 valence electrons. The maximum Gasteiger partial charge on any atom is 0.162 e. The summed E-state index contributed by atoms with van der Waals surface area (Å²) < 4.78 is 13.1. The number of pyridine rings is 1. The normalized spacial score (nSPS) is 15.6. The van der Waals surface area contributed by atoms with Crippen molar-refractivity contribution in [2.45, 2.75) is 57.9 Å². The number of aromatic nitrogens is 1. The minimum Gasteiger partial charge on any atom is -0.294 e. The van der Waals surface area contributed by atoms with Gasteiger partial charge in [0.2, 0.25) is 0 Å². The van der Waals surface area contributed by atoms with Gasteiger partial charge >= 0.3 is 0 Å². The molecule has 0 N–H and O–H groups in total. The molecule has 0 fully saturated rings. The van der Waals surface area contributed by atoms with Gasteiger partial charge in [-0.1, -0.05) is 26.8 Å². The van der Waals surface area contributed by atoms with Gasteiger partial charge in [0.05, 0.1) is 5.56 Å². The van der Waals surface area contributed by atoms with Crippen LogP contribution in [0.15, 0.2) is 46.8 Å². The molecule has 1 unspecified atom stereocenters. The van der Waals surface area contributed by atoms with Crippen LogP contribution in [0.25, 0.3) is 10.4 Å². The number of carbonyl (C=O) groups excluding carboxylic acids is 1. The number of ketones is 1. The Labute approximate surface area is 209 Å². The van der Waals surface area contributed by atoms with Gasteiger partial charge in [-0.3, -0.25) is 4.79 Å². The Hall–Kier alpha value is -2.49. The summed E-state index contributed by atoms with van der Waals surface area (Å²) >= 11 is 3.23. The van der Waals surface area contributed by atoms with Crippen molar-refractivity contribution < 1.29 is 9.18 Å². The van der Waals surface area contributed by atoms with Crippen LogP contribution in [0.5, 0.6) is 0 Å². The number of fused-ring (bicyclic) bond motifs is 1. The van der Waals surface area contributed by atoms with Crippen LogP contribution in [-0.2, 0) is 12.8 Å². The van der Waals surface area contributed by atoms with Crippen LogP contribution in [0.1, 0.15) is 67.2 Å². The average Bonchev–Trinajstić information content (AvgIpc) is 3.34. The van der Waals surface area contributed by atoms with Crippen molar-refractivity contribution in [1.29, 1.82) is 5.26 Å². The molecule has 0 saturated heterocycles. The molecule has 0 bridgehead atoms. The largest absolute Gasteiger partial charge is 0.294 e. The van der Waals surface area contributed by atoms with Crippen LogP contribution in [0.3, 0.4) is 0 Å². The van der Waals surface area contributed by atoms with Crippen LogP contribution in [0.4, 0.5) is 4.39 Å². The highest BCUT2D eigenvalue weighted by Crippen LogP contribution is 2.44. The standard InChI is InChI=1S/C28H29FN2OS2/c1-28(2,3)19-10-13-23-21(16-19)26(25-7-5-14-33-25)22(17-30)27(31-23)34-15-4-6-24(32)18-8-11-20(29)12-9-18/h5,7-9,11-12,14,19H,4,6,10,13,15-16H2,1-3H3. The third kappa shape index (κ3) is 5.42. The van der Waals surface area contributed by atoms with E-state index in [0.29, 0.717) is 35.6 Å². The van der Waals surface area contributed by atoms with Crippen molar-refractivity contribution in [2.75, 3.05) is 5.75 Å². The van der Waals surface area contributed by atoms with Gasteiger partial charge < -0.3 is 0 Å². The van der Waals surface area contributed by atoms with Crippen molar-refractivity contribution >= 4 is 28.9 Å². The minimum absolute atomic E-state index is 0.00648. The molecule has 0 spiro atoms. The fourth-order valence-corrected chi connectivity index (χ4v) is 6.31. The zero-order valence-electron chi connectivity index (χ0n) is 19.9. The fraction of sp³-hybridized carbons (Fsp3) is 0.393. The lowest BCUT2D eigenvalue weighted by Gasteiger charge is -2.35. The smallest absolute Gasteiger partial charge is 0.162 e. The van der Waals surface area contributed by atoms with Crippen molar-refractivity contribution in [3.63, 3.8) is 0 Å². The van der Waals surface area contributed by atoms with E-state index in [1.807, 2.05) is 6.07 Å². The Kier molecular flexibility index (Phi) is 7.54. The molecule has 1 aromatic carbocycles. The number of benzene rings is 1. The first-order valence-corrected chi connectivity index (χ1v) is 13.6. The highest BCUT2D eigenvalue weighted by atomic mass is 32.2. The van der Waals surface area contributed by atoms with Gasteiger partial charge in [0.15, 0.2) is 5.78 Å². The zero-order chi connectivity index (χ0) is 24.3. The van der Waals surface area contributed by atoms with Crippen LogP contribution >= 0.6 is 23.1 Å². The molecule has 1 aliphatic carbocycles. The first kappa shape index (κ1) is 24.6. The number of nitriles is 1. The van der Waals surface area contributed by atoms with Crippen molar-refractivity contribution in [3.05, 3.63) is 70.0 Å². The SMILES string of the molecule is CC(C)(C)C1CCc2nc(SCCCC(=O)c3ccc(F)cc3)c(C#N)c(-c3cccs3)c2C1. The molecule has 0 radical (unpaired) electrons. The molecule has 34 heavy (non-hydrogen) atoms. The maximum absolute atomic E-state index is 13.1. The minimum atomic E-state index is -0.343. The number of carbonyl (C=O) groups is 1.